The third kappa shape index (κ3) is 3.03. The molecule has 0 aliphatic heterocycles. The van der Waals surface area contributed by atoms with Gasteiger partial charge in [-0.25, -0.2) is 4.73 Å². The van der Waals surface area contributed by atoms with Crippen LogP contribution in [0.4, 0.5) is 13.2 Å². The first-order chi connectivity index (χ1) is 11.4. The van der Waals surface area contributed by atoms with E-state index in [1.807, 2.05) is 0 Å². The van der Waals surface area contributed by atoms with Crippen molar-refractivity contribution in [3.05, 3.63) is 82.8 Å². The molecule has 24 heavy (non-hydrogen) atoms. The number of rotatable bonds is 2. The van der Waals surface area contributed by atoms with Crippen LogP contribution in [0.25, 0.3) is 22.3 Å². The molecule has 0 fully saturated rings. The number of alkyl halides is 3. The van der Waals surface area contributed by atoms with E-state index in [1.165, 1.54) is 18.3 Å². The van der Waals surface area contributed by atoms with Crippen molar-refractivity contribution in [3.63, 3.8) is 0 Å². The Morgan fingerprint density at radius 3 is 2.04 bits per heavy atom. The fourth-order valence-electron chi connectivity index (χ4n) is 2.46. The summed E-state index contributed by atoms with van der Waals surface area (Å²) in [7, 11) is 0. The Kier molecular flexibility index (Phi) is 3.89. The molecule has 1 N–H and O–H groups in total. The standard InChI is InChI=1S/C18H12F3NO2/c19-18(20,21)14-8-4-7-13(9-14)16-11-22(24)10-15(17(16)23)12-5-2-1-3-6-12/h1-11,24H. The summed E-state index contributed by atoms with van der Waals surface area (Å²) in [6.07, 6.45) is -2.18. The highest BCUT2D eigenvalue weighted by Crippen LogP contribution is 2.31. The van der Waals surface area contributed by atoms with E-state index in [4.69, 9.17) is 0 Å². The van der Waals surface area contributed by atoms with Gasteiger partial charge in [0.25, 0.3) is 0 Å². The summed E-state index contributed by atoms with van der Waals surface area (Å²) in [5, 5.41) is 9.83. The van der Waals surface area contributed by atoms with Gasteiger partial charge in [-0.1, -0.05) is 42.5 Å². The summed E-state index contributed by atoms with van der Waals surface area (Å²) < 4.78 is 39.3. The van der Waals surface area contributed by atoms with Gasteiger partial charge < -0.3 is 5.21 Å². The van der Waals surface area contributed by atoms with E-state index in [-0.39, 0.29) is 16.7 Å². The van der Waals surface area contributed by atoms with Crippen molar-refractivity contribution >= 4 is 0 Å². The summed E-state index contributed by atoms with van der Waals surface area (Å²) in [5.41, 5.74) is -0.452. The average molecular weight is 331 g/mol. The average Bonchev–Trinajstić information content (AvgIpc) is 2.57. The molecule has 2 aromatic carbocycles. The molecule has 0 saturated carbocycles. The molecule has 6 heteroatoms. The molecule has 0 bridgehead atoms. The van der Waals surface area contributed by atoms with Crippen molar-refractivity contribution in [3.8, 4) is 22.3 Å². The van der Waals surface area contributed by atoms with E-state index in [9.17, 15) is 23.2 Å². The second-order valence-corrected chi connectivity index (χ2v) is 5.24. The Morgan fingerprint density at radius 2 is 1.42 bits per heavy atom. The molecule has 0 unspecified atom stereocenters. The second kappa shape index (κ2) is 5.88. The third-order valence-corrected chi connectivity index (χ3v) is 3.60. The summed E-state index contributed by atoms with van der Waals surface area (Å²) in [6.45, 7) is 0. The van der Waals surface area contributed by atoms with Crippen molar-refractivity contribution in [1.82, 2.24) is 4.73 Å². The number of hydrogen-bond donors (Lipinski definition) is 1. The number of hydrogen-bond acceptors (Lipinski definition) is 2. The molecule has 122 valence electrons. The van der Waals surface area contributed by atoms with Gasteiger partial charge >= 0.3 is 6.18 Å². The smallest absolute Gasteiger partial charge is 0.416 e. The summed E-state index contributed by atoms with van der Waals surface area (Å²) in [4.78, 5) is 12.7. The highest BCUT2D eigenvalue weighted by atomic mass is 19.4. The van der Waals surface area contributed by atoms with Crippen LogP contribution in [0, 0.1) is 0 Å². The highest BCUT2D eigenvalue weighted by molar-refractivity contribution is 5.72. The van der Waals surface area contributed by atoms with Crippen LogP contribution in [0.3, 0.4) is 0 Å². The van der Waals surface area contributed by atoms with Crippen LogP contribution in [-0.4, -0.2) is 9.94 Å². The fraction of sp³-hybridized carbons (Fsp3) is 0.0556. The van der Waals surface area contributed by atoms with Crippen LogP contribution in [-0.2, 0) is 6.18 Å². The molecule has 0 saturated heterocycles. The maximum absolute atomic E-state index is 12.9. The van der Waals surface area contributed by atoms with Crippen molar-refractivity contribution in [2.24, 2.45) is 0 Å². The maximum atomic E-state index is 12.9. The van der Waals surface area contributed by atoms with Crippen LogP contribution >= 0.6 is 0 Å². The summed E-state index contributed by atoms with van der Waals surface area (Å²) in [6, 6.07) is 13.1. The van der Waals surface area contributed by atoms with Crippen LogP contribution in [0.5, 0.6) is 0 Å². The predicted molar refractivity (Wildman–Crippen MR) is 83.8 cm³/mol. The minimum Gasteiger partial charge on any atom is -0.429 e. The lowest BCUT2D eigenvalue weighted by molar-refractivity contribution is -0.137. The minimum atomic E-state index is -4.51. The van der Waals surface area contributed by atoms with Gasteiger partial charge in [0.05, 0.1) is 18.0 Å². The van der Waals surface area contributed by atoms with Crippen LogP contribution < -0.4 is 5.43 Å². The van der Waals surface area contributed by atoms with Gasteiger partial charge in [-0.05, 0) is 23.3 Å². The summed E-state index contributed by atoms with van der Waals surface area (Å²) >= 11 is 0. The third-order valence-electron chi connectivity index (χ3n) is 3.60. The lowest BCUT2D eigenvalue weighted by Gasteiger charge is -2.11. The van der Waals surface area contributed by atoms with Gasteiger partial charge in [0.2, 0.25) is 0 Å². The molecule has 0 atom stereocenters. The first kappa shape index (κ1) is 15.9. The fourth-order valence-corrected chi connectivity index (χ4v) is 2.46. The molecule has 0 radical (unpaired) electrons. The minimum absolute atomic E-state index is 0.00930. The van der Waals surface area contributed by atoms with E-state index in [0.717, 1.165) is 18.3 Å². The molecule has 3 rings (SSSR count). The van der Waals surface area contributed by atoms with E-state index < -0.39 is 17.2 Å². The molecule has 0 amide bonds. The molecular formula is C18H12F3NO2. The van der Waals surface area contributed by atoms with Gasteiger partial charge in [-0.15, -0.1) is 0 Å². The highest BCUT2D eigenvalue weighted by Gasteiger charge is 2.30. The van der Waals surface area contributed by atoms with Crippen LogP contribution in [0.2, 0.25) is 0 Å². The quantitative estimate of drug-likeness (QED) is 0.706. The largest absolute Gasteiger partial charge is 0.429 e. The number of pyridine rings is 1. The van der Waals surface area contributed by atoms with Gasteiger partial charge in [0, 0.05) is 11.1 Å². The van der Waals surface area contributed by atoms with E-state index in [2.05, 4.69) is 0 Å². The molecular weight excluding hydrogens is 319 g/mol. The van der Waals surface area contributed by atoms with Gasteiger partial charge in [0.1, 0.15) is 0 Å². The lowest BCUT2D eigenvalue weighted by atomic mass is 10.00. The van der Waals surface area contributed by atoms with Crippen molar-refractivity contribution in [2.75, 3.05) is 0 Å². The van der Waals surface area contributed by atoms with Crippen LogP contribution in [0.1, 0.15) is 5.56 Å². The molecule has 1 aromatic heterocycles. The second-order valence-electron chi connectivity index (χ2n) is 5.24. The lowest BCUT2D eigenvalue weighted by Crippen LogP contribution is -2.12. The first-order valence-corrected chi connectivity index (χ1v) is 7.05. The van der Waals surface area contributed by atoms with Crippen molar-refractivity contribution < 1.29 is 18.4 Å². The van der Waals surface area contributed by atoms with E-state index in [1.54, 1.807) is 30.3 Å². The molecule has 0 aliphatic rings. The number of aromatic nitrogens is 1. The number of benzene rings is 2. The first-order valence-electron chi connectivity index (χ1n) is 7.05. The maximum Gasteiger partial charge on any atom is 0.416 e. The van der Waals surface area contributed by atoms with Gasteiger partial charge in [-0.2, -0.15) is 13.2 Å². The Hall–Kier alpha value is -3.02. The Labute approximate surface area is 135 Å². The topological polar surface area (TPSA) is 42.2 Å². The van der Waals surface area contributed by atoms with Gasteiger partial charge in [-0.3, -0.25) is 4.79 Å². The molecule has 3 nitrogen and oxygen atoms in total. The molecule has 0 aliphatic carbocycles. The Balaban J connectivity index is 2.20. The van der Waals surface area contributed by atoms with Crippen LogP contribution in [0.15, 0.2) is 71.8 Å². The monoisotopic (exact) mass is 331 g/mol. The zero-order valence-electron chi connectivity index (χ0n) is 12.3. The predicted octanol–water partition coefficient (Wildman–Crippen LogP) is 4.44. The number of nitrogens with zero attached hydrogens (tertiary/aromatic N) is 1. The zero-order valence-corrected chi connectivity index (χ0v) is 12.3. The zero-order chi connectivity index (χ0) is 17.3. The SMILES string of the molecule is O=c1c(-c2ccccc2)cn(O)cc1-c1cccc(C(F)(F)F)c1. The molecule has 3 aromatic rings. The molecule has 0 spiro atoms. The normalized spacial score (nSPS) is 11.5. The Morgan fingerprint density at radius 1 is 0.833 bits per heavy atom. The number of halogens is 3. The summed E-state index contributed by atoms with van der Waals surface area (Å²) in [5.74, 6) is 0. The van der Waals surface area contributed by atoms with Crippen molar-refractivity contribution in [1.29, 1.82) is 0 Å². The Bertz CT molecular complexity index is 931. The molecule has 1 heterocycles. The van der Waals surface area contributed by atoms with Crippen molar-refractivity contribution in [2.45, 2.75) is 6.18 Å². The van der Waals surface area contributed by atoms with Gasteiger partial charge in [0.15, 0.2) is 5.43 Å². The van der Waals surface area contributed by atoms with E-state index in [0.29, 0.717) is 10.3 Å². The van der Waals surface area contributed by atoms with E-state index >= 15 is 0 Å².